The van der Waals surface area contributed by atoms with E-state index in [1.54, 1.807) is 54.5 Å². The second-order valence-corrected chi connectivity index (χ2v) is 8.74. The highest BCUT2D eigenvalue weighted by Crippen LogP contribution is 2.55. The molecule has 3 atom stereocenters. The summed E-state index contributed by atoms with van der Waals surface area (Å²) in [7, 11) is 0. The molecule has 162 valence electrons. The lowest BCUT2D eigenvalue weighted by Gasteiger charge is -2.32. The summed E-state index contributed by atoms with van der Waals surface area (Å²) in [4.78, 5) is 34.7. The van der Waals surface area contributed by atoms with Crippen molar-refractivity contribution in [1.82, 2.24) is 0 Å². The van der Waals surface area contributed by atoms with E-state index in [4.69, 9.17) is 16.4 Å². The number of amides is 2. The molecule has 0 aliphatic carbocycles. The molecule has 3 unspecified atom stereocenters. The number of carbonyl (C=O) groups is 2. The van der Waals surface area contributed by atoms with Crippen molar-refractivity contribution < 1.29 is 19.5 Å². The fourth-order valence-electron chi connectivity index (χ4n) is 4.55. The molecule has 7 heteroatoms. The summed E-state index contributed by atoms with van der Waals surface area (Å²) in [5.41, 5.74) is 1.56. The molecule has 0 radical (unpaired) electrons. The number of para-hydroxylation sites is 1. The van der Waals surface area contributed by atoms with Gasteiger partial charge in [0.25, 0.3) is 5.91 Å². The third kappa shape index (κ3) is 2.91. The Labute approximate surface area is 190 Å². The van der Waals surface area contributed by atoms with Crippen molar-refractivity contribution in [2.45, 2.75) is 26.0 Å². The largest absolute Gasteiger partial charge is 0.508 e. The van der Waals surface area contributed by atoms with Gasteiger partial charge in [-0.3, -0.25) is 14.4 Å². The van der Waals surface area contributed by atoms with Gasteiger partial charge in [-0.2, -0.15) is 0 Å². The fraction of sp³-hybridized carbons (Fsp3) is 0.200. The molecule has 0 aromatic heterocycles. The minimum Gasteiger partial charge on any atom is -0.508 e. The van der Waals surface area contributed by atoms with Crippen LogP contribution in [0.3, 0.4) is 0 Å². The van der Waals surface area contributed by atoms with Gasteiger partial charge in [-0.05, 0) is 61.4 Å². The van der Waals surface area contributed by atoms with Crippen molar-refractivity contribution in [2.75, 3.05) is 9.96 Å². The molecule has 3 aromatic rings. The van der Waals surface area contributed by atoms with Crippen molar-refractivity contribution in [3.05, 3.63) is 88.9 Å². The minimum absolute atomic E-state index is 0.116. The molecule has 2 amide bonds. The topological polar surface area (TPSA) is 70.1 Å². The van der Waals surface area contributed by atoms with Crippen molar-refractivity contribution in [2.24, 2.45) is 5.41 Å². The van der Waals surface area contributed by atoms with Gasteiger partial charge >= 0.3 is 0 Å². The number of hydrogen-bond donors (Lipinski definition) is 1. The highest BCUT2D eigenvalue weighted by molar-refractivity contribution is 6.32. The molecule has 0 spiro atoms. The predicted molar refractivity (Wildman–Crippen MR) is 121 cm³/mol. The van der Waals surface area contributed by atoms with Gasteiger partial charge in [0.15, 0.2) is 6.10 Å². The van der Waals surface area contributed by atoms with Gasteiger partial charge in [0.2, 0.25) is 5.91 Å². The molecule has 5 rings (SSSR count). The average molecular weight is 449 g/mol. The first-order chi connectivity index (χ1) is 15.3. The van der Waals surface area contributed by atoms with Gasteiger partial charge in [0, 0.05) is 5.02 Å². The van der Waals surface area contributed by atoms with E-state index in [2.05, 4.69) is 0 Å². The van der Waals surface area contributed by atoms with Crippen LogP contribution >= 0.6 is 11.6 Å². The third-order valence-electron chi connectivity index (χ3n) is 6.31. The number of benzene rings is 3. The summed E-state index contributed by atoms with van der Waals surface area (Å²) >= 11 is 6.27. The molecule has 2 saturated heterocycles. The van der Waals surface area contributed by atoms with E-state index in [9.17, 15) is 14.7 Å². The second kappa shape index (κ2) is 7.36. The van der Waals surface area contributed by atoms with E-state index in [0.717, 1.165) is 16.8 Å². The third-order valence-corrected chi connectivity index (χ3v) is 6.72. The number of nitrogens with zero attached hydrogens (tertiary/aromatic N) is 2. The number of imide groups is 1. The van der Waals surface area contributed by atoms with Crippen LogP contribution in [-0.2, 0) is 14.4 Å². The molecule has 0 saturated carbocycles. The van der Waals surface area contributed by atoms with Gasteiger partial charge in [-0.25, -0.2) is 9.96 Å². The molecule has 2 heterocycles. The highest BCUT2D eigenvalue weighted by Gasteiger charge is 2.68. The number of halogens is 1. The van der Waals surface area contributed by atoms with Gasteiger partial charge in [0.1, 0.15) is 11.2 Å². The number of rotatable bonds is 3. The van der Waals surface area contributed by atoms with Crippen LogP contribution in [0.15, 0.2) is 72.8 Å². The zero-order chi connectivity index (χ0) is 22.6. The summed E-state index contributed by atoms with van der Waals surface area (Å²) < 4.78 is 0. The van der Waals surface area contributed by atoms with E-state index >= 15 is 0 Å². The molecular weight excluding hydrogens is 428 g/mol. The maximum absolute atomic E-state index is 13.8. The van der Waals surface area contributed by atoms with Gasteiger partial charge in [-0.1, -0.05) is 48.0 Å². The average Bonchev–Trinajstić information content (AvgIpc) is 3.20. The summed E-state index contributed by atoms with van der Waals surface area (Å²) in [6.45, 7) is 3.62. The van der Waals surface area contributed by atoms with E-state index in [1.165, 1.54) is 4.90 Å². The zero-order valence-electron chi connectivity index (χ0n) is 17.5. The standard InChI is InChI=1S/C25H21ClN2O4/c1-15-8-11-18(14-20(15)26)27-23(30)22-25(2,24(27)31)21(16-9-12-19(29)13-10-16)28(32-22)17-6-4-3-5-7-17/h3-14,21-22,29H,1-2H3. The molecule has 1 N–H and O–H groups in total. The lowest BCUT2D eigenvalue weighted by atomic mass is 9.76. The van der Waals surface area contributed by atoms with E-state index in [0.29, 0.717) is 10.7 Å². The van der Waals surface area contributed by atoms with Crippen LogP contribution in [0.25, 0.3) is 0 Å². The number of aromatic hydroxyl groups is 1. The van der Waals surface area contributed by atoms with Crippen molar-refractivity contribution in [3.63, 3.8) is 0 Å². The molecule has 2 fully saturated rings. The van der Waals surface area contributed by atoms with Crippen LogP contribution in [0.5, 0.6) is 5.75 Å². The Balaban J connectivity index is 1.64. The maximum Gasteiger partial charge on any atom is 0.266 e. The maximum atomic E-state index is 13.8. The molecule has 6 nitrogen and oxygen atoms in total. The van der Waals surface area contributed by atoms with Crippen LogP contribution in [-0.4, -0.2) is 23.0 Å². The Hall–Kier alpha value is -3.35. The molecular formula is C25H21ClN2O4. The predicted octanol–water partition coefficient (Wildman–Crippen LogP) is 4.80. The number of hydrogen-bond acceptors (Lipinski definition) is 5. The van der Waals surface area contributed by atoms with Crippen molar-refractivity contribution in [3.8, 4) is 5.75 Å². The summed E-state index contributed by atoms with van der Waals surface area (Å²) in [5.74, 6) is -0.672. The number of fused-ring (bicyclic) bond motifs is 1. The summed E-state index contributed by atoms with van der Waals surface area (Å²) in [6.07, 6.45) is -1.01. The van der Waals surface area contributed by atoms with E-state index < -0.39 is 23.5 Å². The first-order valence-electron chi connectivity index (χ1n) is 10.3. The van der Waals surface area contributed by atoms with Crippen molar-refractivity contribution in [1.29, 1.82) is 0 Å². The number of carbonyl (C=O) groups excluding carboxylic acids is 2. The summed E-state index contributed by atoms with van der Waals surface area (Å²) in [5, 5.41) is 11.9. The molecule has 2 aliphatic heterocycles. The zero-order valence-corrected chi connectivity index (χ0v) is 18.3. The number of phenols is 1. The van der Waals surface area contributed by atoms with E-state index in [-0.39, 0.29) is 11.7 Å². The molecule has 3 aromatic carbocycles. The van der Waals surface area contributed by atoms with Crippen LogP contribution in [0.1, 0.15) is 24.1 Å². The SMILES string of the molecule is Cc1ccc(N2C(=O)C3ON(c4ccccc4)C(c4ccc(O)cc4)C3(C)C2=O)cc1Cl. The lowest BCUT2D eigenvalue weighted by molar-refractivity contribution is -0.128. The molecule has 32 heavy (non-hydrogen) atoms. The number of phenolic OH excluding ortho intramolecular Hbond substituents is 1. The number of aryl methyl sites for hydroxylation is 1. The monoisotopic (exact) mass is 448 g/mol. The van der Waals surface area contributed by atoms with Crippen LogP contribution in [0.2, 0.25) is 5.02 Å². The van der Waals surface area contributed by atoms with Gasteiger partial charge in [0.05, 0.1) is 17.4 Å². The summed E-state index contributed by atoms with van der Waals surface area (Å²) in [6, 6.07) is 20.5. The Bertz CT molecular complexity index is 1210. The van der Waals surface area contributed by atoms with Crippen molar-refractivity contribution >= 4 is 34.8 Å². The fourth-order valence-corrected chi connectivity index (χ4v) is 4.72. The van der Waals surface area contributed by atoms with E-state index in [1.807, 2.05) is 37.3 Å². The minimum atomic E-state index is -1.19. The Morgan fingerprint density at radius 3 is 2.31 bits per heavy atom. The number of hydroxylamine groups is 1. The Kier molecular flexibility index (Phi) is 4.73. The number of anilines is 2. The first-order valence-corrected chi connectivity index (χ1v) is 10.6. The first kappa shape index (κ1) is 20.5. The van der Waals surface area contributed by atoms with Crippen LogP contribution in [0.4, 0.5) is 11.4 Å². The van der Waals surface area contributed by atoms with Crippen LogP contribution < -0.4 is 9.96 Å². The van der Waals surface area contributed by atoms with Gasteiger partial charge in [-0.15, -0.1) is 0 Å². The quantitative estimate of drug-likeness (QED) is 0.583. The van der Waals surface area contributed by atoms with Crippen LogP contribution in [0, 0.1) is 12.3 Å². The molecule has 0 bridgehead atoms. The Morgan fingerprint density at radius 1 is 0.969 bits per heavy atom. The normalized spacial score (nSPS) is 24.8. The molecule has 2 aliphatic rings. The Morgan fingerprint density at radius 2 is 1.66 bits per heavy atom. The highest BCUT2D eigenvalue weighted by atomic mass is 35.5. The smallest absolute Gasteiger partial charge is 0.266 e. The second-order valence-electron chi connectivity index (χ2n) is 8.34. The van der Waals surface area contributed by atoms with Gasteiger partial charge < -0.3 is 5.11 Å². The lowest BCUT2D eigenvalue weighted by Crippen LogP contribution is -2.41.